The predicted molar refractivity (Wildman–Crippen MR) is 67.3 cm³/mol. The van der Waals surface area contributed by atoms with Crippen LogP contribution in [0.15, 0.2) is 24.3 Å². The molecule has 0 aliphatic carbocycles. The van der Waals surface area contributed by atoms with Gasteiger partial charge < -0.3 is 10.1 Å². The Morgan fingerprint density at radius 1 is 1.22 bits per heavy atom. The van der Waals surface area contributed by atoms with Crippen molar-refractivity contribution >= 4 is 23.5 Å². The van der Waals surface area contributed by atoms with E-state index < -0.39 is 11.9 Å². The summed E-state index contributed by atoms with van der Waals surface area (Å²) in [4.78, 5) is 22.3. The highest BCUT2D eigenvalue weighted by atomic mass is 35.5. The van der Waals surface area contributed by atoms with Crippen LogP contribution in [0.1, 0.15) is 6.92 Å². The number of benzene rings is 1. The molecule has 1 aromatic rings. The van der Waals surface area contributed by atoms with Crippen LogP contribution in [0.3, 0.4) is 0 Å². The van der Waals surface area contributed by atoms with Crippen LogP contribution >= 0.6 is 11.6 Å². The quantitative estimate of drug-likeness (QED) is 0.717. The SMILES string of the molecule is CCNC(=O)NNC(=O)COc1ccc(Cl)cc1. The highest BCUT2D eigenvalue weighted by Gasteiger charge is 2.04. The zero-order chi connectivity index (χ0) is 13.4. The van der Waals surface area contributed by atoms with E-state index in [1.165, 1.54) is 0 Å². The van der Waals surface area contributed by atoms with E-state index in [2.05, 4.69) is 16.2 Å². The number of rotatable bonds is 4. The Labute approximate surface area is 110 Å². The van der Waals surface area contributed by atoms with E-state index in [0.29, 0.717) is 17.3 Å². The topological polar surface area (TPSA) is 79.5 Å². The number of amides is 3. The van der Waals surface area contributed by atoms with Crippen molar-refractivity contribution in [1.29, 1.82) is 0 Å². The number of hydrogen-bond acceptors (Lipinski definition) is 3. The van der Waals surface area contributed by atoms with Gasteiger partial charge in [-0.25, -0.2) is 10.2 Å². The second kappa shape index (κ2) is 7.39. The third-order valence-corrected chi connectivity index (χ3v) is 2.09. The predicted octanol–water partition coefficient (Wildman–Crippen LogP) is 1.07. The van der Waals surface area contributed by atoms with Crippen molar-refractivity contribution in [2.75, 3.05) is 13.2 Å². The summed E-state index contributed by atoms with van der Waals surface area (Å²) in [5, 5.41) is 3.05. The van der Waals surface area contributed by atoms with Crippen molar-refractivity contribution in [2.45, 2.75) is 6.92 Å². The molecular formula is C11H14ClN3O3. The van der Waals surface area contributed by atoms with Gasteiger partial charge in [0.1, 0.15) is 5.75 Å². The normalized spacial score (nSPS) is 9.44. The van der Waals surface area contributed by atoms with Gasteiger partial charge >= 0.3 is 6.03 Å². The smallest absolute Gasteiger partial charge is 0.333 e. The summed E-state index contributed by atoms with van der Waals surface area (Å²) in [6.45, 7) is 2.04. The van der Waals surface area contributed by atoms with Gasteiger partial charge in [-0.1, -0.05) is 11.6 Å². The minimum absolute atomic E-state index is 0.200. The fraction of sp³-hybridized carbons (Fsp3) is 0.273. The number of hydrazine groups is 1. The number of carbonyl (C=O) groups excluding carboxylic acids is 2. The Kier molecular flexibility index (Phi) is 5.79. The van der Waals surface area contributed by atoms with Crippen LogP contribution < -0.4 is 20.9 Å². The van der Waals surface area contributed by atoms with Crippen LogP contribution in [0.25, 0.3) is 0 Å². The maximum Gasteiger partial charge on any atom is 0.333 e. The minimum atomic E-state index is -0.475. The lowest BCUT2D eigenvalue weighted by Crippen LogP contribution is -2.48. The van der Waals surface area contributed by atoms with E-state index in [1.54, 1.807) is 31.2 Å². The molecule has 0 radical (unpaired) electrons. The Morgan fingerprint density at radius 3 is 2.50 bits per heavy atom. The molecule has 18 heavy (non-hydrogen) atoms. The van der Waals surface area contributed by atoms with Crippen LogP contribution in [-0.4, -0.2) is 25.1 Å². The van der Waals surface area contributed by atoms with Gasteiger partial charge in [-0.2, -0.15) is 0 Å². The minimum Gasteiger partial charge on any atom is -0.484 e. The lowest BCUT2D eigenvalue weighted by molar-refractivity contribution is -0.123. The molecule has 1 aromatic carbocycles. The van der Waals surface area contributed by atoms with Gasteiger partial charge in [-0.15, -0.1) is 0 Å². The molecular weight excluding hydrogens is 258 g/mol. The molecule has 0 spiro atoms. The van der Waals surface area contributed by atoms with Crippen LogP contribution in [-0.2, 0) is 4.79 Å². The first kappa shape index (κ1) is 14.1. The van der Waals surface area contributed by atoms with E-state index in [4.69, 9.17) is 16.3 Å². The van der Waals surface area contributed by atoms with Crippen molar-refractivity contribution in [1.82, 2.24) is 16.2 Å². The number of urea groups is 1. The highest BCUT2D eigenvalue weighted by Crippen LogP contribution is 2.15. The summed E-state index contributed by atoms with van der Waals surface area (Å²) in [7, 11) is 0. The highest BCUT2D eigenvalue weighted by molar-refractivity contribution is 6.30. The standard InChI is InChI=1S/C11H14ClN3O3/c1-2-13-11(17)15-14-10(16)7-18-9-5-3-8(12)4-6-9/h3-6H,2,7H2,1H3,(H,14,16)(H2,13,15,17). The van der Waals surface area contributed by atoms with Crippen molar-refractivity contribution in [2.24, 2.45) is 0 Å². The number of halogens is 1. The molecule has 3 amide bonds. The molecule has 0 aliphatic rings. The second-order valence-electron chi connectivity index (χ2n) is 3.28. The molecule has 0 fully saturated rings. The van der Waals surface area contributed by atoms with Crippen LogP contribution in [0.5, 0.6) is 5.75 Å². The van der Waals surface area contributed by atoms with Crippen molar-refractivity contribution in [3.63, 3.8) is 0 Å². The Morgan fingerprint density at radius 2 is 1.89 bits per heavy atom. The maximum atomic E-state index is 11.3. The molecule has 0 atom stereocenters. The Bertz CT molecular complexity index is 408. The average Bonchev–Trinajstić information content (AvgIpc) is 2.36. The van der Waals surface area contributed by atoms with E-state index in [0.717, 1.165) is 0 Å². The molecule has 1 rings (SSSR count). The summed E-state index contributed by atoms with van der Waals surface area (Å²) in [6, 6.07) is 6.13. The largest absolute Gasteiger partial charge is 0.484 e. The molecule has 7 heteroatoms. The summed E-state index contributed by atoms with van der Waals surface area (Å²) in [5.41, 5.74) is 4.37. The van der Waals surface area contributed by atoms with Gasteiger partial charge in [-0.3, -0.25) is 10.2 Å². The maximum absolute atomic E-state index is 11.3. The summed E-state index contributed by atoms with van der Waals surface area (Å²) in [5.74, 6) is 0.0590. The fourth-order valence-electron chi connectivity index (χ4n) is 1.05. The van der Waals surface area contributed by atoms with Crippen LogP contribution in [0, 0.1) is 0 Å². The summed E-state index contributed by atoms with van der Waals surface area (Å²) in [6.07, 6.45) is 0. The first-order valence-electron chi connectivity index (χ1n) is 5.33. The first-order valence-corrected chi connectivity index (χ1v) is 5.70. The van der Waals surface area contributed by atoms with Gasteiger partial charge in [-0.05, 0) is 31.2 Å². The molecule has 0 bridgehead atoms. The number of carbonyl (C=O) groups is 2. The molecule has 98 valence electrons. The van der Waals surface area contributed by atoms with Crippen molar-refractivity contribution in [3.05, 3.63) is 29.3 Å². The second-order valence-corrected chi connectivity index (χ2v) is 3.71. The summed E-state index contributed by atoms with van der Waals surface area (Å²) >= 11 is 5.70. The lowest BCUT2D eigenvalue weighted by Gasteiger charge is -2.08. The van der Waals surface area contributed by atoms with E-state index >= 15 is 0 Å². The van der Waals surface area contributed by atoms with Gasteiger partial charge in [0.2, 0.25) is 0 Å². The van der Waals surface area contributed by atoms with Gasteiger partial charge in [0.15, 0.2) is 6.61 Å². The molecule has 0 heterocycles. The Hall–Kier alpha value is -1.95. The van der Waals surface area contributed by atoms with E-state index in [9.17, 15) is 9.59 Å². The molecule has 0 aromatic heterocycles. The fourth-order valence-corrected chi connectivity index (χ4v) is 1.17. The number of nitrogens with one attached hydrogen (secondary N) is 3. The Balaban J connectivity index is 2.24. The van der Waals surface area contributed by atoms with Crippen LogP contribution in [0.2, 0.25) is 5.02 Å². The van der Waals surface area contributed by atoms with Gasteiger partial charge in [0, 0.05) is 11.6 Å². The van der Waals surface area contributed by atoms with Crippen molar-refractivity contribution < 1.29 is 14.3 Å². The average molecular weight is 272 g/mol. The van der Waals surface area contributed by atoms with Crippen LogP contribution in [0.4, 0.5) is 4.79 Å². The third-order valence-electron chi connectivity index (χ3n) is 1.84. The number of ether oxygens (including phenoxy) is 1. The lowest BCUT2D eigenvalue weighted by atomic mass is 10.3. The van der Waals surface area contributed by atoms with Crippen molar-refractivity contribution in [3.8, 4) is 5.75 Å². The molecule has 0 unspecified atom stereocenters. The summed E-state index contributed by atoms with van der Waals surface area (Å²) < 4.78 is 5.17. The third kappa shape index (κ3) is 5.40. The number of hydrogen-bond donors (Lipinski definition) is 3. The molecule has 3 N–H and O–H groups in total. The van der Waals surface area contributed by atoms with E-state index in [-0.39, 0.29) is 6.61 Å². The monoisotopic (exact) mass is 271 g/mol. The van der Waals surface area contributed by atoms with Gasteiger partial charge in [0.25, 0.3) is 5.91 Å². The first-order chi connectivity index (χ1) is 8.61. The van der Waals surface area contributed by atoms with Gasteiger partial charge in [0.05, 0.1) is 0 Å². The molecule has 0 aliphatic heterocycles. The molecule has 0 saturated heterocycles. The van der Waals surface area contributed by atoms with E-state index in [1.807, 2.05) is 0 Å². The molecule has 0 saturated carbocycles. The zero-order valence-electron chi connectivity index (χ0n) is 9.83. The molecule has 6 nitrogen and oxygen atoms in total. The zero-order valence-corrected chi connectivity index (χ0v) is 10.6.